The number of rotatable bonds is 3. The monoisotopic (exact) mass is 402 g/mol. The van der Waals surface area contributed by atoms with Crippen molar-refractivity contribution in [3.63, 3.8) is 0 Å². The number of nitrogens with two attached hydrogens (primary N) is 2. The summed E-state index contributed by atoms with van der Waals surface area (Å²) in [7, 11) is 1.88. The second-order valence-electron chi connectivity index (χ2n) is 7.08. The number of anilines is 2. The molecule has 0 aliphatic carbocycles. The van der Waals surface area contributed by atoms with Crippen LogP contribution in [0, 0.1) is 0 Å². The molecule has 0 spiro atoms. The van der Waals surface area contributed by atoms with E-state index in [-0.39, 0.29) is 18.7 Å². The fourth-order valence-electron chi connectivity index (χ4n) is 3.67. The lowest BCUT2D eigenvalue weighted by molar-refractivity contribution is -0.130. The third-order valence-electron chi connectivity index (χ3n) is 5.39. The number of hydrogen-bond acceptors (Lipinski definition) is 5. The van der Waals surface area contributed by atoms with E-state index in [1.54, 1.807) is 17.1 Å². The van der Waals surface area contributed by atoms with Crippen LogP contribution in [0.3, 0.4) is 0 Å². The van der Waals surface area contributed by atoms with Crippen LogP contribution in [-0.2, 0) is 11.8 Å². The third-order valence-corrected chi connectivity index (χ3v) is 5.76. The summed E-state index contributed by atoms with van der Waals surface area (Å²) in [5.74, 6) is -0.718. The first-order valence-corrected chi connectivity index (χ1v) is 9.28. The van der Waals surface area contributed by atoms with Crippen LogP contribution in [-0.4, -0.2) is 39.4 Å². The summed E-state index contributed by atoms with van der Waals surface area (Å²) < 4.78 is 16.4. The molecule has 1 fully saturated rings. The van der Waals surface area contributed by atoms with Gasteiger partial charge in [-0.25, -0.2) is 9.37 Å². The Morgan fingerprint density at radius 3 is 2.68 bits per heavy atom. The third kappa shape index (κ3) is 2.93. The number of piperidine rings is 1. The predicted molar refractivity (Wildman–Crippen MR) is 108 cm³/mol. The fourth-order valence-corrected chi connectivity index (χ4v) is 3.94. The molecule has 0 radical (unpaired) electrons. The molecule has 0 atom stereocenters. The van der Waals surface area contributed by atoms with Crippen molar-refractivity contribution in [2.75, 3.05) is 23.7 Å². The Morgan fingerprint density at radius 2 is 2.00 bits per heavy atom. The van der Waals surface area contributed by atoms with Gasteiger partial charge >= 0.3 is 0 Å². The molecular weight excluding hydrogens is 383 g/mol. The van der Waals surface area contributed by atoms with Crippen LogP contribution in [0.4, 0.5) is 15.9 Å². The zero-order valence-electron chi connectivity index (χ0n) is 15.3. The smallest absolute Gasteiger partial charge is 0.255 e. The molecule has 146 valence electrons. The number of alkyl halides is 1. The Morgan fingerprint density at radius 1 is 1.29 bits per heavy atom. The molecule has 1 aliphatic heterocycles. The highest BCUT2D eigenvalue weighted by molar-refractivity contribution is 6.36. The number of hydrogen-bond donors (Lipinski definition) is 2. The number of pyridine rings is 1. The van der Waals surface area contributed by atoms with E-state index in [0.717, 1.165) is 22.0 Å². The highest BCUT2D eigenvalue weighted by atomic mass is 35.5. The van der Waals surface area contributed by atoms with Crippen molar-refractivity contribution < 1.29 is 9.18 Å². The quantitative estimate of drug-likeness (QED) is 0.701. The van der Waals surface area contributed by atoms with Gasteiger partial charge in [0.25, 0.3) is 5.91 Å². The molecule has 28 heavy (non-hydrogen) atoms. The average Bonchev–Trinajstić information content (AvgIpc) is 3.05. The van der Waals surface area contributed by atoms with Crippen LogP contribution in [0.25, 0.3) is 22.0 Å². The molecule has 2 aromatic heterocycles. The van der Waals surface area contributed by atoms with E-state index in [9.17, 15) is 9.18 Å². The predicted octanol–water partition coefficient (Wildman–Crippen LogP) is 2.66. The molecule has 0 saturated carbocycles. The Bertz CT molecular complexity index is 1070. The molecule has 1 saturated heterocycles. The number of aryl methyl sites for hydroxylation is 1. The first kappa shape index (κ1) is 18.5. The molecule has 3 aromatic rings. The van der Waals surface area contributed by atoms with Crippen LogP contribution >= 0.6 is 11.6 Å². The van der Waals surface area contributed by atoms with E-state index in [1.807, 2.05) is 30.1 Å². The van der Waals surface area contributed by atoms with Gasteiger partial charge in [0, 0.05) is 50.1 Å². The Kier molecular flexibility index (Phi) is 4.38. The standard InChI is InChI=1S/C19H20ClFN6O/c1-26-14-3-2-11(8-12(14)9-25-26)13-10-24-17(22)15(20)16(13)27-6-4-19(21,5-7-27)18(23)28/h2-3,8-10H,4-7H2,1H3,(H2,22,24)(H2,23,28). The average molecular weight is 403 g/mol. The summed E-state index contributed by atoms with van der Waals surface area (Å²) >= 11 is 6.51. The molecule has 1 aliphatic rings. The lowest BCUT2D eigenvalue weighted by Gasteiger charge is -2.37. The van der Waals surface area contributed by atoms with E-state index >= 15 is 0 Å². The zero-order chi connectivity index (χ0) is 20.1. The molecule has 4 N–H and O–H groups in total. The zero-order valence-corrected chi connectivity index (χ0v) is 16.1. The Labute approximate surface area is 166 Å². The maximum Gasteiger partial charge on any atom is 0.255 e. The van der Waals surface area contributed by atoms with Gasteiger partial charge in [-0.3, -0.25) is 9.48 Å². The van der Waals surface area contributed by atoms with Crippen LogP contribution in [0.1, 0.15) is 12.8 Å². The number of aromatic nitrogens is 3. The summed E-state index contributed by atoms with van der Waals surface area (Å²) in [5.41, 5.74) is 12.5. The van der Waals surface area contributed by atoms with E-state index in [2.05, 4.69) is 10.1 Å². The molecule has 1 amide bonds. The van der Waals surface area contributed by atoms with Gasteiger partial charge in [0.15, 0.2) is 5.67 Å². The fraction of sp³-hybridized carbons (Fsp3) is 0.316. The molecule has 0 unspecified atom stereocenters. The topological polar surface area (TPSA) is 103 Å². The van der Waals surface area contributed by atoms with E-state index < -0.39 is 11.6 Å². The number of amides is 1. The summed E-state index contributed by atoms with van der Waals surface area (Å²) in [4.78, 5) is 17.6. The highest BCUT2D eigenvalue weighted by Gasteiger charge is 2.41. The van der Waals surface area contributed by atoms with Gasteiger partial charge in [-0.1, -0.05) is 17.7 Å². The highest BCUT2D eigenvalue weighted by Crippen LogP contribution is 2.42. The van der Waals surface area contributed by atoms with Gasteiger partial charge < -0.3 is 16.4 Å². The normalized spacial score (nSPS) is 16.5. The van der Waals surface area contributed by atoms with Gasteiger partial charge in [-0.2, -0.15) is 5.10 Å². The second-order valence-corrected chi connectivity index (χ2v) is 7.46. The number of fused-ring (bicyclic) bond motifs is 1. The van der Waals surface area contributed by atoms with E-state index in [4.69, 9.17) is 23.1 Å². The number of benzene rings is 1. The van der Waals surface area contributed by atoms with Crippen LogP contribution in [0.5, 0.6) is 0 Å². The number of carbonyl (C=O) groups excluding carboxylic acids is 1. The van der Waals surface area contributed by atoms with E-state index in [1.165, 1.54) is 0 Å². The number of halogens is 2. The molecule has 1 aromatic carbocycles. The van der Waals surface area contributed by atoms with Crippen molar-refractivity contribution in [2.24, 2.45) is 12.8 Å². The van der Waals surface area contributed by atoms with Crippen molar-refractivity contribution >= 4 is 39.9 Å². The minimum atomic E-state index is -1.99. The maximum atomic E-state index is 14.6. The molecule has 3 heterocycles. The van der Waals surface area contributed by atoms with Crippen LogP contribution < -0.4 is 16.4 Å². The van der Waals surface area contributed by atoms with Gasteiger partial charge in [-0.05, 0) is 17.7 Å². The van der Waals surface area contributed by atoms with Gasteiger partial charge in [0.1, 0.15) is 10.8 Å². The number of primary amides is 1. The SMILES string of the molecule is Cn1ncc2cc(-c3cnc(N)c(Cl)c3N3CCC(F)(C(N)=O)CC3)ccc21. The maximum absolute atomic E-state index is 14.6. The van der Waals surface area contributed by atoms with Gasteiger partial charge in [0.05, 0.1) is 17.4 Å². The van der Waals surface area contributed by atoms with E-state index in [0.29, 0.717) is 23.8 Å². The van der Waals surface area contributed by atoms with Crippen molar-refractivity contribution in [1.82, 2.24) is 14.8 Å². The number of carbonyl (C=O) groups is 1. The summed E-state index contributed by atoms with van der Waals surface area (Å²) in [6.45, 7) is 0.593. The molecule has 9 heteroatoms. The molecule has 0 bridgehead atoms. The second kappa shape index (κ2) is 6.63. The lowest BCUT2D eigenvalue weighted by Crippen LogP contribution is -2.49. The first-order chi connectivity index (χ1) is 13.3. The summed E-state index contributed by atoms with van der Waals surface area (Å²) in [6, 6.07) is 5.94. The molecule has 4 rings (SSSR count). The van der Waals surface area contributed by atoms with Crippen molar-refractivity contribution in [3.8, 4) is 11.1 Å². The molecular formula is C19H20ClFN6O. The first-order valence-electron chi connectivity index (χ1n) is 8.90. The minimum absolute atomic E-state index is 0.00195. The van der Waals surface area contributed by atoms with Gasteiger partial charge in [-0.15, -0.1) is 0 Å². The largest absolute Gasteiger partial charge is 0.382 e. The minimum Gasteiger partial charge on any atom is -0.382 e. The lowest BCUT2D eigenvalue weighted by atomic mass is 9.91. The van der Waals surface area contributed by atoms with Crippen LogP contribution in [0.15, 0.2) is 30.6 Å². The molecule has 7 nitrogen and oxygen atoms in total. The van der Waals surface area contributed by atoms with Crippen molar-refractivity contribution in [1.29, 1.82) is 0 Å². The summed E-state index contributed by atoms with van der Waals surface area (Å²) in [6.07, 6.45) is 3.46. The van der Waals surface area contributed by atoms with Crippen molar-refractivity contribution in [2.45, 2.75) is 18.5 Å². The Balaban J connectivity index is 1.77. The van der Waals surface area contributed by atoms with Crippen LogP contribution in [0.2, 0.25) is 5.02 Å². The number of nitrogen functional groups attached to an aromatic ring is 1. The van der Waals surface area contributed by atoms with Gasteiger partial charge in [0.2, 0.25) is 0 Å². The number of nitrogens with zero attached hydrogens (tertiary/aromatic N) is 4. The Hall–Kier alpha value is -2.87. The van der Waals surface area contributed by atoms with Crippen molar-refractivity contribution in [3.05, 3.63) is 35.6 Å². The summed E-state index contributed by atoms with van der Waals surface area (Å²) in [5, 5.41) is 5.56.